The van der Waals surface area contributed by atoms with Crippen molar-refractivity contribution in [3.8, 4) is 0 Å². The van der Waals surface area contributed by atoms with Crippen LogP contribution in [0.4, 0.5) is 10.1 Å². The van der Waals surface area contributed by atoms with Gasteiger partial charge in [-0.15, -0.1) is 0 Å². The molecule has 5 heteroatoms. The van der Waals surface area contributed by atoms with E-state index in [0.717, 1.165) is 50.1 Å². The number of hydrogen-bond donors (Lipinski definition) is 0. The largest absolute Gasteiger partial charge is 0.371 e. The Labute approximate surface area is 188 Å². The van der Waals surface area contributed by atoms with Crippen LogP contribution in [0.2, 0.25) is 0 Å². The zero-order chi connectivity index (χ0) is 22.1. The Kier molecular flexibility index (Phi) is 9.79. The van der Waals surface area contributed by atoms with Gasteiger partial charge in [0.15, 0.2) is 5.78 Å². The van der Waals surface area contributed by atoms with Gasteiger partial charge in [0.1, 0.15) is 12.4 Å². The maximum atomic E-state index is 14.0. The van der Waals surface area contributed by atoms with Crippen molar-refractivity contribution in [3.05, 3.63) is 30.1 Å². The average molecular weight is 433 g/mol. The van der Waals surface area contributed by atoms with E-state index in [-0.39, 0.29) is 24.3 Å². The topological polar surface area (TPSA) is 32.8 Å². The van der Waals surface area contributed by atoms with Crippen molar-refractivity contribution >= 4 is 11.5 Å². The summed E-state index contributed by atoms with van der Waals surface area (Å²) in [4.78, 5) is 16.6. The Morgan fingerprint density at radius 2 is 1.68 bits per heavy atom. The Morgan fingerprint density at radius 1 is 1.03 bits per heavy atom. The number of ketones is 1. The lowest BCUT2D eigenvalue weighted by Crippen LogP contribution is -2.47. The molecule has 2 fully saturated rings. The molecule has 1 aromatic carbocycles. The maximum absolute atomic E-state index is 14.0. The number of piperazine rings is 1. The summed E-state index contributed by atoms with van der Waals surface area (Å²) in [5.41, 5.74) is 0.745. The van der Waals surface area contributed by atoms with Gasteiger partial charge in [-0.2, -0.15) is 0 Å². The van der Waals surface area contributed by atoms with E-state index in [0.29, 0.717) is 6.42 Å². The fourth-order valence-corrected chi connectivity index (χ4v) is 5.01. The highest BCUT2D eigenvalue weighted by atomic mass is 19.1. The predicted molar refractivity (Wildman–Crippen MR) is 125 cm³/mol. The average Bonchev–Trinajstić information content (AvgIpc) is 2.78. The van der Waals surface area contributed by atoms with Gasteiger partial charge in [-0.3, -0.25) is 9.69 Å². The van der Waals surface area contributed by atoms with Crippen LogP contribution in [0.3, 0.4) is 0 Å². The molecule has 1 aliphatic carbocycles. The molecule has 31 heavy (non-hydrogen) atoms. The van der Waals surface area contributed by atoms with E-state index in [9.17, 15) is 9.18 Å². The number of para-hydroxylation sites is 1. The first-order valence-electron chi connectivity index (χ1n) is 12.4. The minimum atomic E-state index is -0.110. The van der Waals surface area contributed by atoms with E-state index in [1.54, 1.807) is 12.1 Å². The molecule has 0 unspecified atom stereocenters. The number of ether oxygens (including phenoxy) is 1. The van der Waals surface area contributed by atoms with Crippen molar-refractivity contribution in [2.45, 2.75) is 71.3 Å². The molecule has 0 bridgehead atoms. The van der Waals surface area contributed by atoms with Crippen LogP contribution < -0.4 is 4.90 Å². The summed E-state index contributed by atoms with van der Waals surface area (Å²) < 4.78 is 19.4. The lowest BCUT2D eigenvalue weighted by atomic mass is 9.78. The summed E-state index contributed by atoms with van der Waals surface area (Å²) in [6, 6.07) is 7.11. The fraction of sp³-hybridized carbons (Fsp3) is 0.731. The number of anilines is 1. The van der Waals surface area contributed by atoms with Crippen molar-refractivity contribution in [2.75, 3.05) is 44.2 Å². The van der Waals surface area contributed by atoms with Gasteiger partial charge in [0.05, 0.1) is 11.8 Å². The smallest absolute Gasteiger partial charge is 0.158 e. The molecule has 2 aliphatic rings. The molecule has 0 spiro atoms. The number of benzene rings is 1. The third-order valence-corrected chi connectivity index (χ3v) is 7.03. The molecule has 1 aliphatic heterocycles. The van der Waals surface area contributed by atoms with Crippen LogP contribution in [-0.2, 0) is 9.53 Å². The number of carbonyl (C=O) groups excluding carboxylic acids is 1. The molecule has 4 nitrogen and oxygen atoms in total. The van der Waals surface area contributed by atoms with Crippen LogP contribution >= 0.6 is 0 Å². The summed E-state index contributed by atoms with van der Waals surface area (Å²) >= 11 is 0. The number of hydrogen-bond acceptors (Lipinski definition) is 4. The van der Waals surface area contributed by atoms with E-state index in [4.69, 9.17) is 4.74 Å². The molecule has 0 atom stereocenters. The van der Waals surface area contributed by atoms with Crippen molar-refractivity contribution in [2.24, 2.45) is 11.8 Å². The van der Waals surface area contributed by atoms with Gasteiger partial charge in [-0.1, -0.05) is 44.2 Å². The summed E-state index contributed by atoms with van der Waals surface area (Å²) in [6.07, 6.45) is 9.62. The highest BCUT2D eigenvalue weighted by Crippen LogP contribution is 2.33. The van der Waals surface area contributed by atoms with Crippen LogP contribution in [0.25, 0.3) is 0 Å². The van der Waals surface area contributed by atoms with Gasteiger partial charge in [0.25, 0.3) is 0 Å². The summed E-state index contributed by atoms with van der Waals surface area (Å²) in [6.45, 7) is 9.26. The quantitative estimate of drug-likeness (QED) is 0.474. The molecule has 0 aromatic heterocycles. The Bertz CT molecular complexity index is 665. The number of nitrogens with zero attached hydrogens (tertiary/aromatic N) is 2. The molecule has 0 radical (unpaired) electrons. The first kappa shape index (κ1) is 24.2. The Hall–Kier alpha value is -1.46. The van der Waals surface area contributed by atoms with Crippen LogP contribution in [-0.4, -0.2) is 56.1 Å². The first-order valence-corrected chi connectivity index (χ1v) is 12.4. The van der Waals surface area contributed by atoms with Crippen LogP contribution in [0, 0.1) is 17.7 Å². The van der Waals surface area contributed by atoms with E-state index >= 15 is 0 Å². The zero-order valence-corrected chi connectivity index (χ0v) is 19.5. The summed E-state index contributed by atoms with van der Waals surface area (Å²) in [7, 11) is 0. The van der Waals surface area contributed by atoms with Gasteiger partial charge in [-0.25, -0.2) is 4.39 Å². The molecular weight excluding hydrogens is 391 g/mol. The van der Waals surface area contributed by atoms with Gasteiger partial charge >= 0.3 is 0 Å². The van der Waals surface area contributed by atoms with Crippen LogP contribution in [0.1, 0.15) is 65.2 Å². The molecule has 1 aromatic rings. The SMILES string of the molecule is CC(C)OCC(=O)CCCC1CCC(CCN2CCN(c3ccccc3F)CC2)CC1. The lowest BCUT2D eigenvalue weighted by molar-refractivity contribution is -0.125. The van der Waals surface area contributed by atoms with Crippen LogP contribution in [0.5, 0.6) is 0 Å². The monoisotopic (exact) mass is 432 g/mol. The van der Waals surface area contributed by atoms with E-state index < -0.39 is 0 Å². The summed E-state index contributed by atoms with van der Waals surface area (Å²) in [5, 5.41) is 0. The first-order chi connectivity index (χ1) is 15.0. The fourth-order valence-electron chi connectivity index (χ4n) is 5.01. The third kappa shape index (κ3) is 8.19. The predicted octanol–water partition coefficient (Wildman–Crippen LogP) is 5.31. The molecule has 174 valence electrons. The highest BCUT2D eigenvalue weighted by Gasteiger charge is 2.23. The van der Waals surface area contributed by atoms with Gasteiger partial charge in [0, 0.05) is 32.6 Å². The minimum absolute atomic E-state index is 0.110. The van der Waals surface area contributed by atoms with Crippen molar-refractivity contribution in [3.63, 3.8) is 0 Å². The van der Waals surface area contributed by atoms with Gasteiger partial charge < -0.3 is 9.64 Å². The second kappa shape index (κ2) is 12.5. The molecule has 0 N–H and O–H groups in total. The number of Topliss-reactive ketones (excluding diaryl/α,β-unsaturated/α-hetero) is 1. The number of halogens is 1. The van der Waals surface area contributed by atoms with E-state index in [1.807, 2.05) is 26.0 Å². The molecular formula is C26H41FN2O2. The highest BCUT2D eigenvalue weighted by molar-refractivity contribution is 5.79. The Morgan fingerprint density at radius 3 is 2.32 bits per heavy atom. The van der Waals surface area contributed by atoms with E-state index in [2.05, 4.69) is 9.80 Å². The third-order valence-electron chi connectivity index (χ3n) is 7.03. The molecule has 0 amide bonds. The van der Waals surface area contributed by atoms with Crippen molar-refractivity contribution in [1.82, 2.24) is 4.90 Å². The second-order valence-electron chi connectivity index (χ2n) is 9.75. The normalized spacial score (nSPS) is 22.8. The van der Waals surface area contributed by atoms with Crippen molar-refractivity contribution < 1.29 is 13.9 Å². The van der Waals surface area contributed by atoms with E-state index in [1.165, 1.54) is 45.1 Å². The number of rotatable bonds is 11. The molecule has 1 saturated heterocycles. The number of carbonyl (C=O) groups is 1. The minimum Gasteiger partial charge on any atom is -0.371 e. The molecule has 3 rings (SSSR count). The maximum Gasteiger partial charge on any atom is 0.158 e. The summed E-state index contributed by atoms with van der Waals surface area (Å²) in [5.74, 6) is 1.79. The van der Waals surface area contributed by atoms with Gasteiger partial charge in [0.2, 0.25) is 0 Å². The zero-order valence-electron chi connectivity index (χ0n) is 19.5. The standard InChI is InChI=1S/C26H41FN2O2/c1-21(2)31-20-24(30)7-5-6-22-10-12-23(13-11-22)14-15-28-16-18-29(19-17-28)26-9-4-3-8-25(26)27/h3-4,8-9,21-23H,5-7,10-20H2,1-2H3. The molecule has 1 heterocycles. The Balaban J connectivity index is 1.25. The lowest BCUT2D eigenvalue weighted by Gasteiger charge is -2.37. The van der Waals surface area contributed by atoms with Crippen molar-refractivity contribution in [1.29, 1.82) is 0 Å². The molecule has 1 saturated carbocycles. The van der Waals surface area contributed by atoms with Crippen LogP contribution in [0.15, 0.2) is 24.3 Å². The van der Waals surface area contributed by atoms with Gasteiger partial charge in [-0.05, 0) is 57.2 Å². The second-order valence-corrected chi connectivity index (χ2v) is 9.75.